The molecule has 0 unspecified atom stereocenters. The number of ketones is 1. The van der Waals surface area contributed by atoms with Crippen LogP contribution in [0.25, 0.3) is 54.2 Å². The Bertz CT molecular complexity index is 2770. The predicted molar refractivity (Wildman–Crippen MR) is 226 cm³/mol. The number of nitrogens with zero attached hydrogens (tertiary/aromatic N) is 2. The van der Waals surface area contributed by atoms with Gasteiger partial charge in [0.05, 0.1) is 11.3 Å². The van der Waals surface area contributed by atoms with Gasteiger partial charge in [-0.05, 0) is 86.6 Å². The third-order valence-electron chi connectivity index (χ3n) is 12.8. The molecule has 0 saturated heterocycles. The van der Waals surface area contributed by atoms with Gasteiger partial charge in [0.2, 0.25) is 0 Å². The van der Waals surface area contributed by atoms with E-state index in [0.29, 0.717) is 49.7 Å². The quantitative estimate of drug-likeness (QED) is 0.0536. The van der Waals surface area contributed by atoms with E-state index in [1.54, 1.807) is 35.2 Å². The van der Waals surface area contributed by atoms with Crippen LogP contribution in [0.15, 0.2) is 91.0 Å². The van der Waals surface area contributed by atoms with Crippen LogP contribution in [0.1, 0.15) is 135 Å². The second kappa shape index (κ2) is 13.5. The Balaban J connectivity index is 1.09. The molecule has 10 rings (SSSR count). The van der Waals surface area contributed by atoms with Gasteiger partial charge in [-0.1, -0.05) is 126 Å². The maximum absolute atomic E-state index is 14.6. The minimum atomic E-state index is -0.486. The average molecular weight is 751 g/mol. The van der Waals surface area contributed by atoms with Crippen LogP contribution in [-0.4, -0.2) is 40.4 Å². The molecule has 7 heteroatoms. The number of carbonyl (C=O) groups is 5. The first-order chi connectivity index (χ1) is 27.8. The zero-order valence-electron chi connectivity index (χ0n) is 32.2. The van der Waals surface area contributed by atoms with Gasteiger partial charge in [0, 0.05) is 44.6 Å². The predicted octanol–water partition coefficient (Wildman–Crippen LogP) is 11.7. The SMILES string of the molecule is CCCCCCC(CCCCCC)N1C(=O)c2ccc3c4ccc5c6c(ccc(c7ccc(c2c37)C1=O)c64)C(=O)N(c1cccc2c1C(=O)c1ccccc1-2)C5=O. The van der Waals surface area contributed by atoms with Crippen molar-refractivity contribution in [2.45, 2.75) is 84.1 Å². The number of fused-ring (bicyclic) bond motifs is 5. The van der Waals surface area contributed by atoms with Crippen LogP contribution in [0.2, 0.25) is 0 Å². The van der Waals surface area contributed by atoms with E-state index in [4.69, 9.17) is 0 Å². The monoisotopic (exact) mass is 750 g/mol. The summed E-state index contributed by atoms with van der Waals surface area (Å²) in [7, 11) is 0. The molecule has 3 aliphatic rings. The van der Waals surface area contributed by atoms with E-state index in [-0.39, 0.29) is 29.3 Å². The van der Waals surface area contributed by atoms with Crippen molar-refractivity contribution in [3.8, 4) is 11.1 Å². The highest BCUT2D eigenvalue weighted by molar-refractivity contribution is 6.44. The van der Waals surface area contributed by atoms with E-state index in [9.17, 15) is 24.0 Å². The van der Waals surface area contributed by atoms with Gasteiger partial charge in [-0.3, -0.25) is 28.9 Å². The topological polar surface area (TPSA) is 91.8 Å². The number of amides is 4. The van der Waals surface area contributed by atoms with Crippen LogP contribution in [0, 0.1) is 0 Å². The Morgan fingerprint density at radius 2 is 0.877 bits per heavy atom. The van der Waals surface area contributed by atoms with E-state index < -0.39 is 11.8 Å². The highest BCUT2D eigenvalue weighted by Gasteiger charge is 2.41. The summed E-state index contributed by atoms with van der Waals surface area (Å²) < 4.78 is 0. The molecule has 57 heavy (non-hydrogen) atoms. The molecular formula is C50H42N2O5. The van der Waals surface area contributed by atoms with Crippen LogP contribution in [0.5, 0.6) is 0 Å². The lowest BCUT2D eigenvalue weighted by atomic mass is 9.82. The molecule has 0 saturated carbocycles. The molecule has 0 N–H and O–H groups in total. The molecule has 7 nitrogen and oxygen atoms in total. The van der Waals surface area contributed by atoms with Crippen molar-refractivity contribution in [2.75, 3.05) is 4.90 Å². The number of carbonyl (C=O) groups excluding carboxylic acids is 5. The Labute approximate surface area is 330 Å². The largest absolute Gasteiger partial charge is 0.288 e. The summed E-state index contributed by atoms with van der Waals surface area (Å²) in [6.07, 6.45) is 10.3. The molecule has 7 aromatic carbocycles. The van der Waals surface area contributed by atoms with Gasteiger partial charge in [-0.25, -0.2) is 4.90 Å². The molecule has 282 valence electrons. The summed E-state index contributed by atoms with van der Waals surface area (Å²) in [5.41, 5.74) is 4.51. The highest BCUT2D eigenvalue weighted by atomic mass is 16.2. The molecule has 0 spiro atoms. The molecule has 0 atom stereocenters. The number of hydrogen-bond acceptors (Lipinski definition) is 5. The van der Waals surface area contributed by atoms with Gasteiger partial charge in [0.1, 0.15) is 0 Å². The number of anilines is 1. The summed E-state index contributed by atoms with van der Waals surface area (Å²) in [5, 5.41) is 6.28. The van der Waals surface area contributed by atoms with Crippen LogP contribution >= 0.6 is 0 Å². The molecule has 1 aliphatic carbocycles. The first-order valence-electron chi connectivity index (χ1n) is 20.6. The molecule has 7 aromatic rings. The standard InChI is InChI=1S/C50H42N2O5/c1-3-5-7-9-14-28(15-10-8-6-4-2)51-47(54)36-24-20-31-33-22-26-38-44-39(27-23-34(42(33)44)32-21-25-37(48(51)55)43(36)41(31)32)50(57)52(49(38)56)40-19-13-18-30-29-16-11-12-17-35(29)46(53)45(30)40/h11-13,16-28H,3-10,14-15H2,1-2H3. The molecule has 4 amide bonds. The third kappa shape index (κ3) is 5.00. The van der Waals surface area contributed by atoms with Crippen LogP contribution in [0.4, 0.5) is 5.69 Å². The fourth-order valence-corrected chi connectivity index (χ4v) is 10.1. The Kier molecular flexibility index (Phi) is 8.33. The number of unbranched alkanes of at least 4 members (excludes halogenated alkanes) is 6. The number of rotatable bonds is 12. The van der Waals surface area contributed by atoms with Gasteiger partial charge in [-0.15, -0.1) is 0 Å². The molecule has 0 fully saturated rings. The van der Waals surface area contributed by atoms with Crippen molar-refractivity contribution < 1.29 is 24.0 Å². The van der Waals surface area contributed by atoms with E-state index in [1.807, 2.05) is 60.7 Å². The highest BCUT2D eigenvalue weighted by Crippen LogP contribution is 2.48. The molecule has 2 heterocycles. The summed E-state index contributed by atoms with van der Waals surface area (Å²) in [5.74, 6) is -1.64. The lowest BCUT2D eigenvalue weighted by molar-refractivity contribution is 0.0516. The van der Waals surface area contributed by atoms with Crippen LogP contribution in [0.3, 0.4) is 0 Å². The van der Waals surface area contributed by atoms with E-state index in [0.717, 1.165) is 107 Å². The first-order valence-corrected chi connectivity index (χ1v) is 20.6. The van der Waals surface area contributed by atoms with Crippen LogP contribution < -0.4 is 4.90 Å². The van der Waals surface area contributed by atoms with Crippen LogP contribution in [-0.2, 0) is 0 Å². The smallest absolute Gasteiger partial charge is 0.266 e. The number of hydrogen-bond donors (Lipinski definition) is 0. The number of imide groups is 2. The van der Waals surface area contributed by atoms with Gasteiger partial charge in [-0.2, -0.15) is 0 Å². The third-order valence-corrected chi connectivity index (χ3v) is 12.8. The van der Waals surface area contributed by atoms with E-state index in [1.165, 1.54) is 0 Å². The van der Waals surface area contributed by atoms with Gasteiger partial charge in [0.15, 0.2) is 5.78 Å². The molecule has 0 radical (unpaired) electrons. The maximum atomic E-state index is 14.6. The van der Waals surface area contributed by atoms with Crippen molar-refractivity contribution in [3.63, 3.8) is 0 Å². The fraction of sp³-hybridized carbons (Fsp3) is 0.260. The summed E-state index contributed by atoms with van der Waals surface area (Å²) in [6.45, 7) is 4.37. The zero-order valence-corrected chi connectivity index (χ0v) is 32.2. The van der Waals surface area contributed by atoms with Gasteiger partial charge >= 0.3 is 0 Å². The minimum Gasteiger partial charge on any atom is -0.288 e. The van der Waals surface area contributed by atoms with Crippen molar-refractivity contribution in [1.29, 1.82) is 0 Å². The minimum absolute atomic E-state index is 0.147. The van der Waals surface area contributed by atoms with Crippen molar-refractivity contribution >= 4 is 78.2 Å². The fourth-order valence-electron chi connectivity index (χ4n) is 10.1. The van der Waals surface area contributed by atoms with Gasteiger partial charge in [0.25, 0.3) is 23.6 Å². The molecule has 0 aromatic heterocycles. The second-order valence-electron chi connectivity index (χ2n) is 16.0. The Hall–Kier alpha value is -6.21. The second-order valence-corrected chi connectivity index (χ2v) is 16.0. The summed E-state index contributed by atoms with van der Waals surface area (Å²) >= 11 is 0. The summed E-state index contributed by atoms with van der Waals surface area (Å²) in [4.78, 5) is 74.6. The summed E-state index contributed by atoms with van der Waals surface area (Å²) in [6, 6.07) is 27.6. The lowest BCUT2D eigenvalue weighted by Crippen LogP contribution is -2.47. The average Bonchev–Trinajstić information content (AvgIpc) is 3.53. The normalized spacial score (nSPS) is 14.8. The van der Waals surface area contributed by atoms with Crippen molar-refractivity contribution in [2.24, 2.45) is 0 Å². The zero-order chi connectivity index (χ0) is 39.1. The Morgan fingerprint density at radius 1 is 0.421 bits per heavy atom. The van der Waals surface area contributed by atoms with Crippen molar-refractivity contribution in [1.82, 2.24) is 4.90 Å². The van der Waals surface area contributed by atoms with E-state index in [2.05, 4.69) is 13.8 Å². The number of benzene rings is 7. The Morgan fingerprint density at radius 3 is 1.37 bits per heavy atom. The molecule has 0 bridgehead atoms. The lowest BCUT2D eigenvalue weighted by Gasteiger charge is -2.35. The molecule has 2 aliphatic heterocycles. The van der Waals surface area contributed by atoms with E-state index >= 15 is 0 Å². The van der Waals surface area contributed by atoms with Crippen molar-refractivity contribution in [3.05, 3.63) is 124 Å². The first kappa shape index (κ1) is 35.2. The molecular weight excluding hydrogens is 709 g/mol. The van der Waals surface area contributed by atoms with Gasteiger partial charge < -0.3 is 0 Å². The maximum Gasteiger partial charge on any atom is 0.266 e.